The van der Waals surface area contributed by atoms with E-state index >= 15 is 0 Å². The van der Waals surface area contributed by atoms with Gasteiger partial charge in [-0.05, 0) is 25.8 Å². The molecule has 1 aliphatic rings. The highest BCUT2D eigenvalue weighted by Gasteiger charge is 2.33. The predicted octanol–water partition coefficient (Wildman–Crippen LogP) is 3.75. The molecule has 0 radical (unpaired) electrons. The Morgan fingerprint density at radius 3 is 2.83 bits per heavy atom. The third kappa shape index (κ3) is 3.33. The first kappa shape index (κ1) is 17.0. The number of alkyl halides is 3. The predicted molar refractivity (Wildman–Crippen MR) is 84.1 cm³/mol. The number of pyridine rings is 1. The average molecular weight is 360 g/mol. The number of piperidine rings is 1. The lowest BCUT2D eigenvalue weighted by atomic mass is 9.97. The minimum atomic E-state index is -4.45. The maximum Gasteiger partial charge on any atom is 0.417 e. The van der Waals surface area contributed by atoms with Crippen LogP contribution in [0.2, 0.25) is 5.02 Å². The van der Waals surface area contributed by atoms with E-state index in [1.807, 2.05) is 16.4 Å². The van der Waals surface area contributed by atoms with Crippen LogP contribution in [0.3, 0.4) is 0 Å². The maximum atomic E-state index is 12.7. The molecule has 0 unspecified atom stereocenters. The van der Waals surface area contributed by atoms with Gasteiger partial charge in [-0.25, -0.2) is 4.98 Å². The molecule has 1 saturated heterocycles. The molecule has 1 fully saturated rings. The fourth-order valence-electron chi connectivity index (χ4n) is 3.02. The first-order valence-electron chi connectivity index (χ1n) is 7.75. The smallest absolute Gasteiger partial charge is 0.355 e. The summed E-state index contributed by atoms with van der Waals surface area (Å²) in [4.78, 5) is 5.88. The number of aryl methyl sites for hydroxylation is 1. The van der Waals surface area contributed by atoms with Crippen LogP contribution in [-0.4, -0.2) is 32.8 Å². The van der Waals surface area contributed by atoms with E-state index in [0.29, 0.717) is 18.9 Å². The Balaban J connectivity index is 1.82. The molecule has 2 aromatic heterocycles. The lowest BCUT2D eigenvalue weighted by Crippen LogP contribution is -2.36. The van der Waals surface area contributed by atoms with Crippen LogP contribution in [0.15, 0.2) is 18.6 Å². The van der Waals surface area contributed by atoms with Crippen molar-refractivity contribution < 1.29 is 13.2 Å². The zero-order valence-corrected chi connectivity index (χ0v) is 13.8. The van der Waals surface area contributed by atoms with Crippen molar-refractivity contribution in [2.45, 2.75) is 38.4 Å². The van der Waals surface area contributed by atoms with Gasteiger partial charge in [-0.1, -0.05) is 11.6 Å². The number of halogens is 4. The highest BCUT2D eigenvalue weighted by atomic mass is 35.5. The fourth-order valence-corrected chi connectivity index (χ4v) is 3.31. The highest BCUT2D eigenvalue weighted by Crippen LogP contribution is 2.35. The first-order chi connectivity index (χ1) is 11.4. The number of hydrogen-bond donors (Lipinski definition) is 0. The summed E-state index contributed by atoms with van der Waals surface area (Å²) in [7, 11) is 0. The Labute approximate surface area is 142 Å². The van der Waals surface area contributed by atoms with Gasteiger partial charge in [0, 0.05) is 31.7 Å². The van der Waals surface area contributed by atoms with Crippen molar-refractivity contribution in [2.75, 3.05) is 18.0 Å². The molecule has 0 amide bonds. The maximum absolute atomic E-state index is 12.7. The van der Waals surface area contributed by atoms with Crippen LogP contribution in [-0.2, 0) is 12.7 Å². The van der Waals surface area contributed by atoms with Crippen molar-refractivity contribution in [1.82, 2.24) is 19.7 Å². The van der Waals surface area contributed by atoms with Gasteiger partial charge in [-0.3, -0.25) is 0 Å². The second-order valence-corrected chi connectivity index (χ2v) is 6.19. The molecule has 0 aromatic carbocycles. The Bertz CT molecular complexity index is 715. The molecule has 0 N–H and O–H groups in total. The Morgan fingerprint density at radius 1 is 1.38 bits per heavy atom. The summed E-state index contributed by atoms with van der Waals surface area (Å²) >= 11 is 6.06. The topological polar surface area (TPSA) is 46.8 Å². The van der Waals surface area contributed by atoms with Crippen molar-refractivity contribution in [3.8, 4) is 0 Å². The molecular weight excluding hydrogens is 343 g/mol. The van der Waals surface area contributed by atoms with Crippen molar-refractivity contribution in [3.05, 3.63) is 35.0 Å². The molecule has 1 aliphatic heterocycles. The van der Waals surface area contributed by atoms with Gasteiger partial charge in [0.1, 0.15) is 18.0 Å². The fraction of sp³-hybridized carbons (Fsp3) is 0.533. The van der Waals surface area contributed by atoms with Crippen LogP contribution in [0.5, 0.6) is 0 Å². The van der Waals surface area contributed by atoms with Crippen LogP contribution in [0, 0.1) is 0 Å². The second kappa shape index (κ2) is 6.58. The van der Waals surface area contributed by atoms with Crippen LogP contribution in [0.25, 0.3) is 0 Å². The van der Waals surface area contributed by atoms with Gasteiger partial charge in [-0.15, -0.1) is 10.2 Å². The van der Waals surface area contributed by atoms with Gasteiger partial charge in [0.15, 0.2) is 0 Å². The largest absolute Gasteiger partial charge is 0.417 e. The summed E-state index contributed by atoms with van der Waals surface area (Å²) in [5.41, 5.74) is -0.837. The highest BCUT2D eigenvalue weighted by molar-refractivity contribution is 6.33. The van der Waals surface area contributed by atoms with E-state index in [0.717, 1.165) is 37.5 Å². The van der Waals surface area contributed by atoms with Crippen molar-refractivity contribution >= 4 is 17.4 Å². The molecule has 3 rings (SSSR count). The standard InChI is InChI=1S/C15H17ClF3N5/c1-2-23-9-21-22-13(23)10-4-3-5-24(8-10)14-12(16)6-11(7-20-14)15(17,18)19/h6-7,9-10H,2-5,8H2,1H3/t10-/m1/s1. The van der Waals surface area contributed by atoms with E-state index in [-0.39, 0.29) is 10.9 Å². The van der Waals surface area contributed by atoms with Gasteiger partial charge in [0.05, 0.1) is 10.6 Å². The number of anilines is 1. The van der Waals surface area contributed by atoms with Crippen molar-refractivity contribution in [2.24, 2.45) is 0 Å². The number of nitrogens with zero attached hydrogens (tertiary/aromatic N) is 5. The van der Waals surface area contributed by atoms with Crippen LogP contribution in [0.1, 0.15) is 37.1 Å². The third-order valence-corrected chi connectivity index (χ3v) is 4.50. The summed E-state index contributed by atoms with van der Waals surface area (Å²) in [5.74, 6) is 1.43. The van der Waals surface area contributed by atoms with Gasteiger partial charge in [-0.2, -0.15) is 13.2 Å². The quantitative estimate of drug-likeness (QED) is 0.837. The molecule has 1 atom stereocenters. The molecule has 0 saturated carbocycles. The molecule has 5 nitrogen and oxygen atoms in total. The number of aromatic nitrogens is 4. The normalized spacial score (nSPS) is 18.9. The van der Waals surface area contributed by atoms with Crippen molar-refractivity contribution in [1.29, 1.82) is 0 Å². The van der Waals surface area contributed by atoms with Crippen LogP contribution < -0.4 is 4.90 Å². The summed E-state index contributed by atoms with van der Waals surface area (Å²) in [6.45, 7) is 4.10. The monoisotopic (exact) mass is 359 g/mol. The minimum Gasteiger partial charge on any atom is -0.355 e. The lowest BCUT2D eigenvalue weighted by molar-refractivity contribution is -0.137. The number of rotatable bonds is 3. The summed E-state index contributed by atoms with van der Waals surface area (Å²) in [6.07, 6.45) is -0.0815. The molecule has 0 spiro atoms. The zero-order valence-electron chi connectivity index (χ0n) is 13.1. The molecule has 0 aliphatic carbocycles. The second-order valence-electron chi connectivity index (χ2n) is 5.79. The Kier molecular flexibility index (Phi) is 4.67. The van der Waals surface area contributed by atoms with Gasteiger partial charge < -0.3 is 9.47 Å². The van der Waals surface area contributed by atoms with E-state index in [9.17, 15) is 13.2 Å². The lowest BCUT2D eigenvalue weighted by Gasteiger charge is -2.33. The minimum absolute atomic E-state index is 0.0161. The van der Waals surface area contributed by atoms with E-state index in [1.165, 1.54) is 0 Å². The van der Waals surface area contributed by atoms with Crippen molar-refractivity contribution in [3.63, 3.8) is 0 Å². The molecule has 0 bridgehead atoms. The van der Waals surface area contributed by atoms with Crippen LogP contribution in [0.4, 0.5) is 19.0 Å². The van der Waals surface area contributed by atoms with Gasteiger partial charge in [0.25, 0.3) is 0 Å². The molecule has 9 heteroatoms. The van der Waals surface area contributed by atoms with E-state index in [1.54, 1.807) is 6.33 Å². The van der Waals surface area contributed by atoms with Gasteiger partial charge >= 0.3 is 6.18 Å². The Hall–Kier alpha value is -1.83. The summed E-state index contributed by atoms with van der Waals surface area (Å²) in [5, 5.41) is 8.16. The Morgan fingerprint density at radius 2 is 2.17 bits per heavy atom. The molecule has 130 valence electrons. The van der Waals surface area contributed by atoms with Gasteiger partial charge in [0.2, 0.25) is 0 Å². The molecule has 3 heterocycles. The molecule has 2 aromatic rings. The zero-order chi connectivity index (χ0) is 17.3. The SMILES string of the molecule is CCn1cnnc1[C@@H]1CCCN(c2ncc(C(F)(F)F)cc2Cl)C1. The van der Waals surface area contributed by atoms with E-state index in [2.05, 4.69) is 15.2 Å². The molecule has 24 heavy (non-hydrogen) atoms. The van der Waals surface area contributed by atoms with E-state index < -0.39 is 11.7 Å². The summed E-state index contributed by atoms with van der Waals surface area (Å²) in [6, 6.07) is 0.933. The summed E-state index contributed by atoms with van der Waals surface area (Å²) < 4.78 is 40.2. The number of hydrogen-bond acceptors (Lipinski definition) is 4. The van der Waals surface area contributed by atoms with Crippen LogP contribution >= 0.6 is 11.6 Å². The molecular formula is C15H17ClF3N5. The third-order valence-electron chi connectivity index (χ3n) is 4.22. The average Bonchev–Trinajstić information content (AvgIpc) is 3.02. The van der Waals surface area contributed by atoms with E-state index in [4.69, 9.17) is 11.6 Å². The first-order valence-corrected chi connectivity index (χ1v) is 8.13.